The van der Waals surface area contributed by atoms with Gasteiger partial charge in [-0.25, -0.2) is 0 Å². The lowest BCUT2D eigenvalue weighted by Gasteiger charge is -2.24. The van der Waals surface area contributed by atoms with Crippen LogP contribution >= 0.6 is 0 Å². The maximum atomic E-state index is 12.3. The number of nitrogens with zero attached hydrogens (tertiary/aromatic N) is 1. The molecule has 0 spiro atoms. The van der Waals surface area contributed by atoms with Gasteiger partial charge < -0.3 is 9.88 Å². The summed E-state index contributed by atoms with van der Waals surface area (Å²) in [6, 6.07) is 0. The van der Waals surface area contributed by atoms with E-state index in [1.165, 1.54) is 0 Å². The number of hydrogen-bond acceptors (Lipinski definition) is 2. The molecule has 88 valence electrons. The van der Waals surface area contributed by atoms with Crippen LogP contribution in [0.5, 0.6) is 0 Å². The maximum Gasteiger partial charge on any atom is 0.169 e. The van der Waals surface area contributed by atoms with E-state index in [4.69, 9.17) is 0 Å². The number of H-pyrrole nitrogens is 1. The molecular formula is C13H20N2O. The number of aromatic nitrogens is 1. The van der Waals surface area contributed by atoms with Crippen LogP contribution in [-0.4, -0.2) is 36.3 Å². The first-order chi connectivity index (χ1) is 7.50. The fourth-order valence-corrected chi connectivity index (χ4v) is 2.59. The second-order valence-corrected chi connectivity index (χ2v) is 5.09. The Hall–Kier alpha value is -1.09. The third kappa shape index (κ3) is 1.80. The molecule has 1 aliphatic rings. The molecule has 2 rings (SSSR count). The molecule has 16 heavy (non-hydrogen) atoms. The van der Waals surface area contributed by atoms with Crippen molar-refractivity contribution in [2.45, 2.75) is 26.7 Å². The van der Waals surface area contributed by atoms with Crippen molar-refractivity contribution >= 4 is 5.78 Å². The van der Waals surface area contributed by atoms with Gasteiger partial charge in [0.15, 0.2) is 5.78 Å². The van der Waals surface area contributed by atoms with Crippen molar-refractivity contribution in [3.63, 3.8) is 0 Å². The van der Waals surface area contributed by atoms with E-state index in [1.54, 1.807) is 0 Å². The number of nitrogens with one attached hydrogen (secondary N) is 1. The van der Waals surface area contributed by atoms with E-state index in [1.807, 2.05) is 27.9 Å². The van der Waals surface area contributed by atoms with Gasteiger partial charge in [-0.3, -0.25) is 4.79 Å². The second-order valence-electron chi connectivity index (χ2n) is 5.09. The molecule has 1 unspecified atom stereocenters. The van der Waals surface area contributed by atoms with E-state index in [0.717, 1.165) is 41.9 Å². The van der Waals surface area contributed by atoms with Crippen LogP contribution in [0.1, 0.15) is 33.7 Å². The quantitative estimate of drug-likeness (QED) is 0.826. The molecule has 1 atom stereocenters. The highest BCUT2D eigenvalue weighted by atomic mass is 16.1. The van der Waals surface area contributed by atoms with Gasteiger partial charge in [0.1, 0.15) is 0 Å². The summed E-state index contributed by atoms with van der Waals surface area (Å²) in [4.78, 5) is 17.8. The molecule has 1 aromatic rings. The first kappa shape index (κ1) is 11.4. The minimum Gasteiger partial charge on any atom is -0.362 e. The third-order valence-corrected chi connectivity index (χ3v) is 3.52. The zero-order chi connectivity index (χ0) is 11.9. The Labute approximate surface area is 96.8 Å². The van der Waals surface area contributed by atoms with E-state index >= 15 is 0 Å². The average Bonchev–Trinajstić information content (AvgIpc) is 2.48. The standard InChI is InChI=1S/C13H20N2O/c1-8-9(2)14-11-6-5-10(7-15(3)4)13(16)12(8)11/h10,14H,5-7H2,1-4H3. The molecule has 1 aliphatic carbocycles. The normalized spacial score (nSPS) is 20.3. The third-order valence-electron chi connectivity index (χ3n) is 3.52. The zero-order valence-corrected chi connectivity index (χ0v) is 10.6. The highest BCUT2D eigenvalue weighted by Crippen LogP contribution is 2.29. The molecule has 0 radical (unpaired) electrons. The first-order valence-electron chi connectivity index (χ1n) is 5.87. The van der Waals surface area contributed by atoms with Gasteiger partial charge in [-0.2, -0.15) is 0 Å². The number of carbonyl (C=O) groups is 1. The largest absolute Gasteiger partial charge is 0.362 e. The highest BCUT2D eigenvalue weighted by Gasteiger charge is 2.30. The molecule has 0 bridgehead atoms. The maximum absolute atomic E-state index is 12.3. The van der Waals surface area contributed by atoms with E-state index < -0.39 is 0 Å². The second kappa shape index (κ2) is 4.06. The Morgan fingerprint density at radius 1 is 1.38 bits per heavy atom. The molecule has 0 amide bonds. The summed E-state index contributed by atoms with van der Waals surface area (Å²) in [6.07, 6.45) is 1.98. The lowest BCUT2D eigenvalue weighted by Crippen LogP contribution is -2.31. The van der Waals surface area contributed by atoms with Crippen LogP contribution in [0.4, 0.5) is 0 Å². The van der Waals surface area contributed by atoms with Gasteiger partial charge in [-0.15, -0.1) is 0 Å². The minimum atomic E-state index is 0.177. The predicted octanol–water partition coefficient (Wildman–Crippen LogP) is 1.94. The van der Waals surface area contributed by atoms with Crippen molar-refractivity contribution in [2.75, 3.05) is 20.6 Å². The number of hydrogen-bond donors (Lipinski definition) is 1. The van der Waals surface area contributed by atoms with Gasteiger partial charge >= 0.3 is 0 Å². The first-order valence-corrected chi connectivity index (χ1v) is 5.87. The van der Waals surface area contributed by atoms with Crippen molar-refractivity contribution in [2.24, 2.45) is 5.92 Å². The molecular weight excluding hydrogens is 200 g/mol. The molecule has 3 nitrogen and oxygen atoms in total. The van der Waals surface area contributed by atoms with Crippen molar-refractivity contribution in [3.8, 4) is 0 Å². The molecule has 1 N–H and O–H groups in total. The molecule has 0 saturated heterocycles. The number of carbonyl (C=O) groups excluding carboxylic acids is 1. The number of Topliss-reactive ketones (excluding diaryl/α,β-unsaturated/α-hetero) is 1. The summed E-state index contributed by atoms with van der Waals surface area (Å²) in [6.45, 7) is 4.95. The van der Waals surface area contributed by atoms with Crippen LogP contribution in [-0.2, 0) is 6.42 Å². The van der Waals surface area contributed by atoms with E-state index in [-0.39, 0.29) is 5.92 Å². The van der Waals surface area contributed by atoms with Crippen molar-refractivity contribution in [1.82, 2.24) is 9.88 Å². The molecule has 3 heteroatoms. The molecule has 0 aromatic carbocycles. The summed E-state index contributed by atoms with van der Waals surface area (Å²) in [5.41, 5.74) is 4.40. The van der Waals surface area contributed by atoms with Gasteiger partial charge in [-0.05, 0) is 46.3 Å². The van der Waals surface area contributed by atoms with E-state index in [0.29, 0.717) is 5.78 Å². The number of ketones is 1. The number of rotatable bonds is 2. The number of aryl methyl sites for hydroxylation is 2. The molecule has 0 aliphatic heterocycles. The molecule has 1 heterocycles. The molecule has 0 fully saturated rings. The lowest BCUT2D eigenvalue weighted by atomic mass is 9.84. The van der Waals surface area contributed by atoms with Gasteiger partial charge in [0.05, 0.1) is 0 Å². The van der Waals surface area contributed by atoms with Crippen molar-refractivity contribution in [1.29, 1.82) is 0 Å². The topological polar surface area (TPSA) is 36.1 Å². The smallest absolute Gasteiger partial charge is 0.169 e. The van der Waals surface area contributed by atoms with Gasteiger partial charge in [0.2, 0.25) is 0 Å². The highest BCUT2D eigenvalue weighted by molar-refractivity contribution is 6.01. The van der Waals surface area contributed by atoms with E-state index in [2.05, 4.69) is 9.88 Å². The summed E-state index contributed by atoms with van der Waals surface area (Å²) in [5.74, 6) is 0.508. The Bertz CT molecular complexity index is 418. The molecule has 1 aromatic heterocycles. The van der Waals surface area contributed by atoms with Crippen LogP contribution in [0, 0.1) is 19.8 Å². The molecule has 0 saturated carbocycles. The van der Waals surface area contributed by atoms with Crippen LogP contribution in [0.15, 0.2) is 0 Å². The van der Waals surface area contributed by atoms with Gasteiger partial charge in [-0.1, -0.05) is 0 Å². The Kier molecular flexibility index (Phi) is 2.89. The fourth-order valence-electron chi connectivity index (χ4n) is 2.59. The van der Waals surface area contributed by atoms with E-state index in [9.17, 15) is 4.79 Å². The van der Waals surface area contributed by atoms with Crippen LogP contribution in [0.3, 0.4) is 0 Å². The van der Waals surface area contributed by atoms with Crippen LogP contribution in [0.2, 0.25) is 0 Å². The lowest BCUT2D eigenvalue weighted by molar-refractivity contribution is 0.0876. The monoisotopic (exact) mass is 220 g/mol. The summed E-state index contributed by atoms with van der Waals surface area (Å²) in [7, 11) is 4.05. The van der Waals surface area contributed by atoms with Crippen LogP contribution < -0.4 is 0 Å². The Morgan fingerprint density at radius 3 is 2.69 bits per heavy atom. The Morgan fingerprint density at radius 2 is 2.06 bits per heavy atom. The predicted molar refractivity (Wildman–Crippen MR) is 65.0 cm³/mol. The SMILES string of the molecule is Cc1[nH]c2c(c1C)C(=O)C(CN(C)C)CC2. The summed E-state index contributed by atoms with van der Waals surface area (Å²) < 4.78 is 0. The van der Waals surface area contributed by atoms with Crippen molar-refractivity contribution < 1.29 is 4.79 Å². The van der Waals surface area contributed by atoms with Gasteiger partial charge in [0.25, 0.3) is 0 Å². The number of aromatic amines is 1. The van der Waals surface area contributed by atoms with Crippen LogP contribution in [0.25, 0.3) is 0 Å². The van der Waals surface area contributed by atoms with Gasteiger partial charge in [0, 0.05) is 29.4 Å². The average molecular weight is 220 g/mol. The number of fused-ring (bicyclic) bond motifs is 1. The summed E-state index contributed by atoms with van der Waals surface area (Å²) >= 11 is 0. The zero-order valence-electron chi connectivity index (χ0n) is 10.6. The van der Waals surface area contributed by atoms with Crippen molar-refractivity contribution in [3.05, 3.63) is 22.5 Å². The summed E-state index contributed by atoms with van der Waals surface area (Å²) in [5, 5.41) is 0. The Balaban J connectivity index is 2.31. The fraction of sp³-hybridized carbons (Fsp3) is 0.615. The minimum absolute atomic E-state index is 0.177.